The summed E-state index contributed by atoms with van der Waals surface area (Å²) in [6, 6.07) is 155. The highest BCUT2D eigenvalue weighted by molar-refractivity contribution is 6.12. The quantitative estimate of drug-likeness (QED) is 0.105. The molecule has 0 radical (unpaired) electrons. The van der Waals surface area contributed by atoms with Gasteiger partial charge in [-0.1, -0.05) is 328 Å². The molecular formula is C124H77N19O3. The molecule has 0 saturated heterocycles. The van der Waals surface area contributed by atoms with Gasteiger partial charge in [0.1, 0.15) is 0 Å². The molecule has 22 nitrogen and oxygen atoms in total. The summed E-state index contributed by atoms with van der Waals surface area (Å²) >= 11 is 0. The van der Waals surface area contributed by atoms with E-state index in [4.69, 9.17) is 54.8 Å². The van der Waals surface area contributed by atoms with Crippen molar-refractivity contribution < 1.29 is 0 Å². The van der Waals surface area contributed by atoms with Gasteiger partial charge in [-0.2, -0.15) is 19.9 Å². The molecule has 0 spiro atoms. The molecule has 686 valence electrons. The van der Waals surface area contributed by atoms with Gasteiger partial charge in [0.15, 0.2) is 23.3 Å². The van der Waals surface area contributed by atoms with Crippen LogP contribution in [0.15, 0.2) is 481 Å². The molecule has 0 fully saturated rings. The maximum absolute atomic E-state index is 15.1. The summed E-state index contributed by atoms with van der Waals surface area (Å²) in [7, 11) is 0. The van der Waals surface area contributed by atoms with Gasteiger partial charge in [0, 0.05) is 66.3 Å². The Morgan fingerprint density at radius 3 is 0.795 bits per heavy atom. The van der Waals surface area contributed by atoms with Crippen molar-refractivity contribution >= 4 is 127 Å². The zero-order valence-electron chi connectivity index (χ0n) is 77.7. The number of imidazole rings is 3. The molecular weight excluding hydrogens is 1800 g/mol. The molecule has 0 unspecified atom stereocenters. The van der Waals surface area contributed by atoms with Gasteiger partial charge in [-0.25, -0.2) is 48.6 Å². The SMILES string of the molecule is O=c1c2cc(-c3ccc4c(c3)c3ccccc3n4-c3ccccc3)ccc2n2c3ccccc3nc2n1-c1nc(-c2ccccc2)nc(-c2ccccc2)n1.O=c1c2ccc(-c3ccc4c(c3)c3ccccc3n4-c3ccccc3)cc2n2c3ccccc3nc2n1-c1nc(-c2ccccc2)nc(-c2ccccc2)n1.O=c1c2ccccc2n2c3ccccc3nc2n1-c1nc(-c2ccccc2)cc(-c2ccccc2)n1. The first-order valence-electron chi connectivity index (χ1n) is 47.9. The van der Waals surface area contributed by atoms with Crippen LogP contribution in [0.5, 0.6) is 0 Å². The van der Waals surface area contributed by atoms with E-state index in [0.29, 0.717) is 56.8 Å². The third-order valence-electron chi connectivity index (χ3n) is 27.0. The van der Waals surface area contributed by atoms with E-state index < -0.39 is 0 Å². The highest BCUT2D eigenvalue weighted by atomic mass is 16.1. The molecule has 0 aliphatic carbocycles. The Kier molecular flexibility index (Phi) is 20.4. The van der Waals surface area contributed by atoms with E-state index in [2.05, 4.69) is 155 Å². The first kappa shape index (κ1) is 84.7. The van der Waals surface area contributed by atoms with Gasteiger partial charge >= 0.3 is 0 Å². The molecule has 11 heterocycles. The van der Waals surface area contributed by atoms with E-state index in [0.717, 1.165) is 166 Å². The van der Waals surface area contributed by atoms with Gasteiger partial charge in [-0.3, -0.25) is 27.6 Å². The Bertz CT molecular complexity index is 10300. The molecule has 0 atom stereocenters. The van der Waals surface area contributed by atoms with E-state index in [1.165, 1.54) is 19.1 Å². The van der Waals surface area contributed by atoms with E-state index >= 15 is 4.79 Å². The number of rotatable bonds is 13. The number of hydrogen-bond donors (Lipinski definition) is 0. The lowest BCUT2D eigenvalue weighted by atomic mass is 10.0. The largest absolute Gasteiger partial charge is 0.309 e. The molecule has 0 aliphatic heterocycles. The fraction of sp³-hybridized carbons (Fsp3) is 0. The molecule has 0 bridgehead atoms. The third kappa shape index (κ3) is 14.5. The maximum Gasteiger partial charge on any atom is 0.269 e. The number of nitrogens with zero attached hydrogens (tertiary/aromatic N) is 19. The van der Waals surface area contributed by atoms with Crippen molar-refractivity contribution in [1.29, 1.82) is 0 Å². The predicted octanol–water partition coefficient (Wildman–Crippen LogP) is 26.1. The summed E-state index contributed by atoms with van der Waals surface area (Å²) in [5, 5.41) is 6.24. The summed E-state index contributed by atoms with van der Waals surface area (Å²) in [5.41, 5.74) is 23.8. The summed E-state index contributed by atoms with van der Waals surface area (Å²) in [4.78, 5) is 97.9. The molecule has 22 heteroatoms. The zero-order valence-corrected chi connectivity index (χ0v) is 77.7. The van der Waals surface area contributed by atoms with Crippen molar-refractivity contribution in [2.24, 2.45) is 0 Å². The van der Waals surface area contributed by atoms with Gasteiger partial charge in [0.2, 0.25) is 35.2 Å². The van der Waals surface area contributed by atoms with E-state index in [9.17, 15) is 9.59 Å². The predicted molar refractivity (Wildman–Crippen MR) is 582 cm³/mol. The summed E-state index contributed by atoms with van der Waals surface area (Å²) in [6.07, 6.45) is 0. The number of hydrogen-bond acceptors (Lipinski definition) is 14. The van der Waals surface area contributed by atoms with Crippen LogP contribution in [0.25, 0.3) is 246 Å². The van der Waals surface area contributed by atoms with Crippen LogP contribution in [0.1, 0.15) is 0 Å². The van der Waals surface area contributed by atoms with Gasteiger partial charge in [-0.15, -0.1) is 0 Å². The van der Waals surface area contributed by atoms with Crippen molar-refractivity contribution in [1.82, 2.24) is 90.9 Å². The van der Waals surface area contributed by atoms with Gasteiger partial charge in [0.05, 0.1) is 99.3 Å². The average Bonchev–Trinajstić information content (AvgIpc) is 1.53. The Morgan fingerprint density at radius 2 is 0.411 bits per heavy atom. The van der Waals surface area contributed by atoms with Crippen LogP contribution in [0.2, 0.25) is 0 Å². The molecule has 29 rings (SSSR count). The van der Waals surface area contributed by atoms with Crippen LogP contribution in [0.3, 0.4) is 0 Å². The van der Waals surface area contributed by atoms with Gasteiger partial charge < -0.3 is 9.13 Å². The van der Waals surface area contributed by atoms with E-state index in [1.54, 1.807) is 0 Å². The van der Waals surface area contributed by atoms with Gasteiger partial charge in [-0.05, 0) is 162 Å². The fourth-order valence-electron chi connectivity index (χ4n) is 20.2. The third-order valence-corrected chi connectivity index (χ3v) is 27.0. The van der Waals surface area contributed by atoms with Crippen LogP contribution in [-0.4, -0.2) is 90.9 Å². The number of para-hydroxylation sites is 11. The minimum atomic E-state index is -0.273. The summed E-state index contributed by atoms with van der Waals surface area (Å²) in [6.45, 7) is 0. The topological polar surface area (TPSA) is 231 Å². The van der Waals surface area contributed by atoms with Crippen LogP contribution in [0, 0.1) is 0 Å². The Hall–Kier alpha value is -20.5. The lowest BCUT2D eigenvalue weighted by Crippen LogP contribution is -2.24. The molecule has 11 aromatic heterocycles. The van der Waals surface area contributed by atoms with Crippen molar-refractivity contribution in [3.63, 3.8) is 0 Å². The first-order valence-corrected chi connectivity index (χ1v) is 47.9. The number of fused-ring (bicyclic) bond motifs is 21. The van der Waals surface area contributed by atoms with Crippen LogP contribution in [-0.2, 0) is 0 Å². The van der Waals surface area contributed by atoms with Crippen molar-refractivity contribution in [3.8, 4) is 120 Å². The molecule has 146 heavy (non-hydrogen) atoms. The minimum absolute atomic E-state index is 0.195. The summed E-state index contributed by atoms with van der Waals surface area (Å²) in [5.74, 6) is 3.84. The smallest absolute Gasteiger partial charge is 0.269 e. The number of aromatic nitrogens is 19. The van der Waals surface area contributed by atoms with Crippen molar-refractivity contribution in [3.05, 3.63) is 498 Å². The second-order valence-corrected chi connectivity index (χ2v) is 35.7. The lowest BCUT2D eigenvalue weighted by Gasteiger charge is -2.13. The van der Waals surface area contributed by atoms with E-state index in [-0.39, 0.29) is 34.5 Å². The summed E-state index contributed by atoms with van der Waals surface area (Å²) < 4.78 is 15.3. The highest BCUT2D eigenvalue weighted by Gasteiger charge is 2.28. The second kappa shape index (κ2) is 35.1. The normalized spacial score (nSPS) is 11.6. The molecule has 0 aliphatic rings. The Balaban J connectivity index is 0.000000111. The standard InChI is InChI=1S/2C47H29N7O.C30H19N5O/c55-45-36-26-24-33(32-25-27-40-37(28-32)35-20-10-12-22-39(35)52(40)34-18-8-3-9-19-34)29-42(36)53-41-23-13-11-21-38(41)48-47(53)54(45)46-50-43(30-14-4-1-5-15-30)49-44(51-46)31-16-6-2-7-17-31;55-45-37-29-33(32-24-26-40-36(28-32)35-20-10-12-22-39(35)52(40)34-18-8-3-9-19-34)25-27-41(37)53-42-23-13-11-21-38(42)48-47(53)54(45)46-50-43(30-14-4-1-5-15-30)49-44(51-46)31-16-6-2-7-17-31;36-28-22-15-7-9-17-26(22)34-27-18-10-8-16-23(27)33-30(34)35(28)29-31-24(20-11-3-1-4-12-20)19-25(32-29)21-13-5-2-6-14-21/h2*1-29H;1-19H. The first-order chi connectivity index (χ1) is 72.2. The highest BCUT2D eigenvalue weighted by Crippen LogP contribution is 2.41. The van der Waals surface area contributed by atoms with Crippen LogP contribution in [0.4, 0.5) is 0 Å². The minimum Gasteiger partial charge on any atom is -0.309 e. The average molecular weight is 1880 g/mol. The molecule has 0 N–H and O–H groups in total. The van der Waals surface area contributed by atoms with Crippen LogP contribution < -0.4 is 16.7 Å². The molecule has 0 saturated carbocycles. The molecule has 0 amide bonds. The zero-order chi connectivity index (χ0) is 97.0. The maximum atomic E-state index is 15.1. The monoisotopic (exact) mass is 1880 g/mol. The van der Waals surface area contributed by atoms with Crippen molar-refractivity contribution in [2.45, 2.75) is 0 Å². The van der Waals surface area contributed by atoms with Crippen molar-refractivity contribution in [2.75, 3.05) is 0 Å². The Labute approximate surface area is 829 Å². The fourth-order valence-corrected chi connectivity index (χ4v) is 20.2. The second-order valence-electron chi connectivity index (χ2n) is 35.7. The molecule has 29 aromatic rings. The number of benzene rings is 18. The Morgan fingerprint density at radius 1 is 0.151 bits per heavy atom. The van der Waals surface area contributed by atoms with Gasteiger partial charge in [0.25, 0.3) is 16.7 Å². The van der Waals surface area contributed by atoms with E-state index in [1.807, 2.05) is 335 Å². The van der Waals surface area contributed by atoms with Crippen LogP contribution >= 0.6 is 0 Å². The molecule has 18 aromatic carbocycles. The lowest BCUT2D eigenvalue weighted by molar-refractivity contribution is 0.875.